The molecule has 2 aromatic rings. The number of amides is 2. The fourth-order valence-corrected chi connectivity index (χ4v) is 1.76. The maximum Gasteiger partial charge on any atom is 0.271 e. The van der Waals surface area contributed by atoms with Gasteiger partial charge in [-0.1, -0.05) is 0 Å². The van der Waals surface area contributed by atoms with E-state index < -0.39 is 0 Å². The summed E-state index contributed by atoms with van der Waals surface area (Å²) in [5, 5.41) is 5.40. The highest BCUT2D eigenvalue weighted by atomic mass is 16.5. The van der Waals surface area contributed by atoms with Gasteiger partial charge in [-0.05, 0) is 12.5 Å². The van der Waals surface area contributed by atoms with Crippen molar-refractivity contribution >= 4 is 17.5 Å². The van der Waals surface area contributed by atoms with Crippen LogP contribution in [-0.2, 0) is 4.79 Å². The molecule has 8 heteroatoms. The second-order valence-electron chi connectivity index (χ2n) is 4.59. The number of carbonyl (C=O) groups is 2. The zero-order valence-electron chi connectivity index (χ0n) is 12.7. The summed E-state index contributed by atoms with van der Waals surface area (Å²) < 4.78 is 4.94. The van der Waals surface area contributed by atoms with E-state index in [0.29, 0.717) is 24.5 Å². The Kier molecular flexibility index (Phi) is 5.98. The van der Waals surface area contributed by atoms with Crippen LogP contribution in [0.4, 0.5) is 5.69 Å². The van der Waals surface area contributed by atoms with Gasteiger partial charge in [-0.15, -0.1) is 0 Å². The summed E-state index contributed by atoms with van der Waals surface area (Å²) >= 11 is 0. The first kappa shape index (κ1) is 16.3. The summed E-state index contributed by atoms with van der Waals surface area (Å²) in [5.74, 6) is 0.0262. The molecule has 0 radical (unpaired) electrons. The van der Waals surface area contributed by atoms with Gasteiger partial charge in [-0.3, -0.25) is 14.6 Å². The maximum atomic E-state index is 11.8. The van der Waals surface area contributed by atoms with Crippen molar-refractivity contribution in [3.8, 4) is 5.88 Å². The van der Waals surface area contributed by atoms with Crippen molar-refractivity contribution < 1.29 is 14.3 Å². The van der Waals surface area contributed by atoms with E-state index in [1.54, 1.807) is 12.1 Å². The fourth-order valence-electron chi connectivity index (χ4n) is 1.76. The Morgan fingerprint density at radius 3 is 2.70 bits per heavy atom. The van der Waals surface area contributed by atoms with E-state index in [9.17, 15) is 9.59 Å². The molecule has 0 aromatic carbocycles. The van der Waals surface area contributed by atoms with Gasteiger partial charge in [0.1, 0.15) is 5.69 Å². The first-order chi connectivity index (χ1) is 11.2. The van der Waals surface area contributed by atoms with E-state index in [1.807, 2.05) is 0 Å². The molecule has 0 atom stereocenters. The van der Waals surface area contributed by atoms with Crippen molar-refractivity contribution in [2.24, 2.45) is 0 Å². The van der Waals surface area contributed by atoms with E-state index in [-0.39, 0.29) is 23.9 Å². The number of methoxy groups -OCH3 is 1. The lowest BCUT2D eigenvalue weighted by molar-refractivity contribution is -0.116. The van der Waals surface area contributed by atoms with Crippen LogP contribution in [0.25, 0.3) is 0 Å². The van der Waals surface area contributed by atoms with Crippen LogP contribution in [-0.4, -0.2) is 40.4 Å². The first-order valence-corrected chi connectivity index (χ1v) is 7.03. The zero-order valence-corrected chi connectivity index (χ0v) is 12.7. The van der Waals surface area contributed by atoms with Crippen molar-refractivity contribution in [2.45, 2.75) is 12.8 Å². The Hall–Kier alpha value is -3.03. The minimum Gasteiger partial charge on any atom is -0.481 e. The van der Waals surface area contributed by atoms with Crippen LogP contribution in [0.15, 0.2) is 36.9 Å². The van der Waals surface area contributed by atoms with Crippen molar-refractivity contribution in [3.05, 3.63) is 42.6 Å². The molecule has 2 rings (SSSR count). The van der Waals surface area contributed by atoms with Crippen LogP contribution in [0.1, 0.15) is 23.3 Å². The molecule has 0 bridgehead atoms. The van der Waals surface area contributed by atoms with Crippen LogP contribution >= 0.6 is 0 Å². The number of carbonyl (C=O) groups excluding carboxylic acids is 2. The van der Waals surface area contributed by atoms with Crippen molar-refractivity contribution in [2.75, 3.05) is 19.0 Å². The smallest absolute Gasteiger partial charge is 0.271 e. The second-order valence-corrected chi connectivity index (χ2v) is 4.59. The van der Waals surface area contributed by atoms with Crippen LogP contribution in [0, 0.1) is 0 Å². The molecule has 0 saturated carbocycles. The van der Waals surface area contributed by atoms with E-state index >= 15 is 0 Å². The lowest BCUT2D eigenvalue weighted by atomic mass is 10.2. The topological polar surface area (TPSA) is 106 Å². The maximum absolute atomic E-state index is 11.8. The molecule has 120 valence electrons. The Morgan fingerprint density at radius 2 is 2.04 bits per heavy atom. The lowest BCUT2D eigenvalue weighted by Gasteiger charge is -2.06. The predicted molar refractivity (Wildman–Crippen MR) is 83.0 cm³/mol. The Bertz CT molecular complexity index is 646. The van der Waals surface area contributed by atoms with Crippen LogP contribution in [0.3, 0.4) is 0 Å². The Balaban J connectivity index is 1.67. The molecule has 2 amide bonds. The molecule has 2 heterocycles. The minimum absolute atomic E-state index is 0.147. The molecule has 23 heavy (non-hydrogen) atoms. The van der Waals surface area contributed by atoms with Crippen molar-refractivity contribution in [3.63, 3.8) is 0 Å². The van der Waals surface area contributed by atoms with Crippen molar-refractivity contribution in [1.29, 1.82) is 0 Å². The van der Waals surface area contributed by atoms with Gasteiger partial charge < -0.3 is 15.4 Å². The normalized spacial score (nSPS) is 9.96. The molecule has 0 aliphatic heterocycles. The average molecular weight is 315 g/mol. The number of pyridine rings is 1. The molecule has 0 spiro atoms. The summed E-state index contributed by atoms with van der Waals surface area (Å²) in [6, 6.07) is 3.37. The monoisotopic (exact) mass is 315 g/mol. The molecule has 2 N–H and O–H groups in total. The molecule has 8 nitrogen and oxygen atoms in total. The molecule has 0 saturated heterocycles. The van der Waals surface area contributed by atoms with Gasteiger partial charge in [-0.2, -0.15) is 0 Å². The summed E-state index contributed by atoms with van der Waals surface area (Å²) in [4.78, 5) is 35.2. The highest BCUT2D eigenvalue weighted by Gasteiger charge is 2.07. The van der Waals surface area contributed by atoms with E-state index in [4.69, 9.17) is 4.74 Å². The van der Waals surface area contributed by atoms with Crippen LogP contribution in [0.5, 0.6) is 5.88 Å². The van der Waals surface area contributed by atoms with Gasteiger partial charge in [0.05, 0.1) is 25.2 Å². The lowest BCUT2D eigenvalue weighted by Crippen LogP contribution is -2.26. The van der Waals surface area contributed by atoms with Gasteiger partial charge in [-0.25, -0.2) is 9.97 Å². The fraction of sp³-hybridized carbons (Fsp3) is 0.267. The Labute approximate surface area is 133 Å². The van der Waals surface area contributed by atoms with Gasteiger partial charge in [0.15, 0.2) is 0 Å². The summed E-state index contributed by atoms with van der Waals surface area (Å²) in [6.07, 6.45) is 6.65. The van der Waals surface area contributed by atoms with Gasteiger partial charge >= 0.3 is 0 Å². The molecular formula is C15H17N5O3. The third kappa shape index (κ3) is 5.34. The standard InChI is InChI=1S/C15H17N5O3/c1-23-14-5-4-11(9-19-14)20-13(21)3-2-6-18-15(22)12-10-16-7-8-17-12/h4-5,7-10H,2-3,6H2,1H3,(H,18,22)(H,20,21). The van der Waals surface area contributed by atoms with E-state index in [0.717, 1.165) is 0 Å². The van der Waals surface area contributed by atoms with E-state index in [2.05, 4.69) is 25.6 Å². The predicted octanol–water partition coefficient (Wildman–Crippen LogP) is 1.03. The number of hydrogen-bond donors (Lipinski definition) is 2. The van der Waals surface area contributed by atoms with Gasteiger partial charge in [0.2, 0.25) is 11.8 Å². The van der Waals surface area contributed by atoms with Gasteiger partial charge in [0, 0.05) is 31.4 Å². The number of rotatable bonds is 7. The quantitative estimate of drug-likeness (QED) is 0.739. The third-order valence-corrected chi connectivity index (χ3v) is 2.89. The number of nitrogens with zero attached hydrogens (tertiary/aromatic N) is 3. The molecular weight excluding hydrogens is 298 g/mol. The molecule has 0 aliphatic rings. The molecule has 2 aromatic heterocycles. The number of aromatic nitrogens is 3. The number of nitrogens with one attached hydrogen (secondary N) is 2. The van der Waals surface area contributed by atoms with Crippen LogP contribution < -0.4 is 15.4 Å². The summed E-state index contributed by atoms with van der Waals surface area (Å²) in [6.45, 7) is 0.379. The summed E-state index contributed by atoms with van der Waals surface area (Å²) in [7, 11) is 1.52. The van der Waals surface area contributed by atoms with Gasteiger partial charge in [0.25, 0.3) is 5.91 Å². The molecule has 0 aliphatic carbocycles. The largest absolute Gasteiger partial charge is 0.481 e. The van der Waals surface area contributed by atoms with Crippen molar-refractivity contribution in [1.82, 2.24) is 20.3 Å². The summed E-state index contributed by atoms with van der Waals surface area (Å²) in [5.41, 5.74) is 0.848. The third-order valence-electron chi connectivity index (χ3n) is 2.89. The molecule has 0 fully saturated rings. The van der Waals surface area contributed by atoms with E-state index in [1.165, 1.54) is 31.9 Å². The highest BCUT2D eigenvalue weighted by Crippen LogP contribution is 2.11. The molecule has 0 unspecified atom stereocenters. The Morgan fingerprint density at radius 1 is 1.17 bits per heavy atom. The second kappa shape index (κ2) is 8.42. The highest BCUT2D eigenvalue weighted by molar-refractivity contribution is 5.92. The zero-order chi connectivity index (χ0) is 16.5. The average Bonchev–Trinajstić information content (AvgIpc) is 2.60. The van der Waals surface area contributed by atoms with Crippen LogP contribution in [0.2, 0.25) is 0 Å². The minimum atomic E-state index is -0.308. The first-order valence-electron chi connectivity index (χ1n) is 7.03. The number of anilines is 1. The number of ether oxygens (including phenoxy) is 1. The number of hydrogen-bond acceptors (Lipinski definition) is 6. The SMILES string of the molecule is COc1ccc(NC(=O)CCCNC(=O)c2cnccn2)cn1.